The lowest BCUT2D eigenvalue weighted by atomic mass is 9.89. The lowest BCUT2D eigenvalue weighted by Crippen LogP contribution is -2.20. The molecule has 1 aromatic carbocycles. The van der Waals surface area contributed by atoms with Crippen molar-refractivity contribution >= 4 is 18.4 Å². The fourth-order valence-corrected chi connectivity index (χ4v) is 2.10. The summed E-state index contributed by atoms with van der Waals surface area (Å²) in [5.74, 6) is -0.874. The second kappa shape index (κ2) is 5.32. The number of halogens is 1. The number of carboxylic acid groups (broad SMARTS) is 1. The molecule has 0 unspecified atom stereocenters. The molecule has 0 radical (unpaired) electrons. The highest BCUT2D eigenvalue weighted by atomic mass is 35.5. The second-order valence-electron chi connectivity index (χ2n) is 4.12. The highest BCUT2D eigenvalue weighted by Crippen LogP contribution is 2.28. The first-order valence-electron chi connectivity index (χ1n) is 5.18. The standard InChI is InChI=1S/C12H15NO2.ClH/c1-8-2-4-9(5-3-8)10-6-13-7-11(10)12(14)15;/h2-5,10-11,13H,6-7H2,1H3,(H,14,15);1H/t10-,11+;/m1./s1. The monoisotopic (exact) mass is 241 g/mol. The van der Waals surface area contributed by atoms with Crippen LogP contribution in [0.25, 0.3) is 0 Å². The average molecular weight is 242 g/mol. The summed E-state index contributed by atoms with van der Waals surface area (Å²) < 4.78 is 0. The molecule has 0 aliphatic carbocycles. The molecular weight excluding hydrogens is 226 g/mol. The summed E-state index contributed by atoms with van der Waals surface area (Å²) in [5, 5.41) is 12.2. The molecule has 1 heterocycles. The number of rotatable bonds is 2. The number of aryl methyl sites for hydroxylation is 1. The zero-order valence-corrected chi connectivity index (χ0v) is 9.96. The Hall–Kier alpha value is -1.06. The summed E-state index contributed by atoms with van der Waals surface area (Å²) in [7, 11) is 0. The van der Waals surface area contributed by atoms with Crippen LogP contribution in [0.1, 0.15) is 17.0 Å². The summed E-state index contributed by atoms with van der Waals surface area (Å²) in [4.78, 5) is 11.0. The van der Waals surface area contributed by atoms with Crippen LogP contribution in [0.3, 0.4) is 0 Å². The van der Waals surface area contributed by atoms with E-state index < -0.39 is 5.97 Å². The van der Waals surface area contributed by atoms with E-state index in [0.29, 0.717) is 6.54 Å². The minimum Gasteiger partial charge on any atom is -0.481 e. The number of hydrogen-bond acceptors (Lipinski definition) is 2. The Balaban J connectivity index is 0.00000128. The Morgan fingerprint density at radius 2 is 1.94 bits per heavy atom. The van der Waals surface area contributed by atoms with E-state index in [2.05, 4.69) is 5.32 Å². The maximum Gasteiger partial charge on any atom is 0.308 e. The minimum absolute atomic E-state index is 0. The first kappa shape index (κ1) is 13.0. The molecule has 16 heavy (non-hydrogen) atoms. The maximum atomic E-state index is 11.0. The number of aliphatic carboxylic acids is 1. The zero-order valence-electron chi connectivity index (χ0n) is 9.14. The van der Waals surface area contributed by atoms with Gasteiger partial charge in [0.25, 0.3) is 0 Å². The van der Waals surface area contributed by atoms with Gasteiger partial charge in [-0.15, -0.1) is 12.4 Å². The Morgan fingerprint density at radius 3 is 2.50 bits per heavy atom. The molecule has 3 nitrogen and oxygen atoms in total. The third-order valence-corrected chi connectivity index (χ3v) is 3.04. The number of benzene rings is 1. The van der Waals surface area contributed by atoms with Crippen LogP contribution < -0.4 is 5.32 Å². The van der Waals surface area contributed by atoms with E-state index in [-0.39, 0.29) is 24.2 Å². The minimum atomic E-state index is -0.703. The number of nitrogens with one attached hydrogen (secondary N) is 1. The highest BCUT2D eigenvalue weighted by molar-refractivity contribution is 5.85. The Labute approximate surface area is 101 Å². The second-order valence-corrected chi connectivity index (χ2v) is 4.12. The molecule has 4 heteroatoms. The van der Waals surface area contributed by atoms with Gasteiger partial charge in [-0.1, -0.05) is 29.8 Å². The summed E-state index contributed by atoms with van der Waals surface area (Å²) >= 11 is 0. The van der Waals surface area contributed by atoms with Gasteiger partial charge < -0.3 is 10.4 Å². The topological polar surface area (TPSA) is 49.3 Å². The van der Waals surface area contributed by atoms with Crippen LogP contribution in [-0.2, 0) is 4.79 Å². The van der Waals surface area contributed by atoms with Crippen LogP contribution in [0.5, 0.6) is 0 Å². The summed E-state index contributed by atoms with van der Waals surface area (Å²) in [6.45, 7) is 3.37. The van der Waals surface area contributed by atoms with Gasteiger partial charge in [0, 0.05) is 19.0 Å². The molecule has 88 valence electrons. The van der Waals surface area contributed by atoms with Crippen LogP contribution in [0, 0.1) is 12.8 Å². The molecule has 2 N–H and O–H groups in total. The highest BCUT2D eigenvalue weighted by Gasteiger charge is 2.33. The molecule has 0 aromatic heterocycles. The SMILES string of the molecule is Cc1ccc([C@H]2CNC[C@@H]2C(=O)O)cc1.Cl. The lowest BCUT2D eigenvalue weighted by molar-refractivity contribution is -0.141. The van der Waals surface area contributed by atoms with E-state index in [9.17, 15) is 4.79 Å². The van der Waals surface area contributed by atoms with Crippen LogP contribution in [0.2, 0.25) is 0 Å². The average Bonchev–Trinajstić information content (AvgIpc) is 2.67. The fraction of sp³-hybridized carbons (Fsp3) is 0.417. The van der Waals surface area contributed by atoms with Crippen molar-refractivity contribution in [3.63, 3.8) is 0 Å². The first-order valence-corrected chi connectivity index (χ1v) is 5.18. The molecule has 0 amide bonds. The summed E-state index contributed by atoms with van der Waals surface area (Å²) in [6, 6.07) is 8.13. The van der Waals surface area contributed by atoms with Crippen molar-refractivity contribution in [2.45, 2.75) is 12.8 Å². The van der Waals surface area contributed by atoms with Crippen LogP contribution in [0.15, 0.2) is 24.3 Å². The fourth-order valence-electron chi connectivity index (χ4n) is 2.10. The van der Waals surface area contributed by atoms with Crippen LogP contribution >= 0.6 is 12.4 Å². The van der Waals surface area contributed by atoms with Gasteiger partial charge in [0.15, 0.2) is 0 Å². The summed E-state index contributed by atoms with van der Waals surface area (Å²) in [6.07, 6.45) is 0. The molecule has 0 spiro atoms. The van der Waals surface area contributed by atoms with Gasteiger partial charge in [-0.3, -0.25) is 4.79 Å². The predicted octanol–water partition coefficient (Wildman–Crippen LogP) is 1.80. The largest absolute Gasteiger partial charge is 0.481 e. The predicted molar refractivity (Wildman–Crippen MR) is 65.2 cm³/mol. The molecule has 1 saturated heterocycles. The smallest absolute Gasteiger partial charge is 0.308 e. The van der Waals surface area contributed by atoms with E-state index >= 15 is 0 Å². The van der Waals surface area contributed by atoms with Gasteiger partial charge in [-0.25, -0.2) is 0 Å². The molecule has 0 saturated carbocycles. The van der Waals surface area contributed by atoms with Gasteiger partial charge >= 0.3 is 5.97 Å². The van der Waals surface area contributed by atoms with Crippen LogP contribution in [0.4, 0.5) is 0 Å². The van der Waals surface area contributed by atoms with Crippen molar-refractivity contribution in [3.8, 4) is 0 Å². The maximum absolute atomic E-state index is 11.0. The van der Waals surface area contributed by atoms with Crippen molar-refractivity contribution in [2.24, 2.45) is 5.92 Å². The molecule has 1 aliphatic rings. The molecule has 1 aliphatic heterocycles. The first-order chi connectivity index (χ1) is 7.18. The summed E-state index contributed by atoms with van der Waals surface area (Å²) in [5.41, 5.74) is 2.33. The molecular formula is C12H16ClNO2. The van der Waals surface area contributed by atoms with E-state index in [0.717, 1.165) is 12.1 Å². The Bertz CT molecular complexity index is 364. The van der Waals surface area contributed by atoms with E-state index in [1.807, 2.05) is 31.2 Å². The molecule has 0 bridgehead atoms. The molecule has 1 fully saturated rings. The van der Waals surface area contributed by atoms with Crippen molar-refractivity contribution in [1.29, 1.82) is 0 Å². The van der Waals surface area contributed by atoms with Gasteiger partial charge in [0.1, 0.15) is 0 Å². The number of carbonyl (C=O) groups is 1. The number of carboxylic acids is 1. The Morgan fingerprint density at radius 1 is 1.31 bits per heavy atom. The van der Waals surface area contributed by atoms with E-state index in [1.165, 1.54) is 5.56 Å². The van der Waals surface area contributed by atoms with Gasteiger partial charge in [-0.05, 0) is 12.5 Å². The quantitative estimate of drug-likeness (QED) is 0.830. The molecule has 2 atom stereocenters. The third kappa shape index (κ3) is 2.54. The third-order valence-electron chi connectivity index (χ3n) is 3.04. The van der Waals surface area contributed by atoms with Crippen molar-refractivity contribution in [1.82, 2.24) is 5.32 Å². The van der Waals surface area contributed by atoms with Crippen molar-refractivity contribution in [2.75, 3.05) is 13.1 Å². The molecule has 2 rings (SSSR count). The zero-order chi connectivity index (χ0) is 10.8. The Kier molecular flexibility index (Phi) is 4.33. The van der Waals surface area contributed by atoms with Crippen LogP contribution in [-0.4, -0.2) is 24.2 Å². The lowest BCUT2D eigenvalue weighted by Gasteiger charge is -2.14. The van der Waals surface area contributed by atoms with E-state index in [1.54, 1.807) is 0 Å². The van der Waals surface area contributed by atoms with Crippen molar-refractivity contribution in [3.05, 3.63) is 35.4 Å². The number of hydrogen-bond donors (Lipinski definition) is 2. The molecule has 1 aromatic rings. The normalized spacial score (nSPS) is 23.8. The van der Waals surface area contributed by atoms with Gasteiger partial charge in [-0.2, -0.15) is 0 Å². The van der Waals surface area contributed by atoms with E-state index in [4.69, 9.17) is 5.11 Å². The van der Waals surface area contributed by atoms with Crippen molar-refractivity contribution < 1.29 is 9.90 Å². The van der Waals surface area contributed by atoms with Gasteiger partial charge in [0.2, 0.25) is 0 Å². The van der Waals surface area contributed by atoms with Gasteiger partial charge in [0.05, 0.1) is 5.92 Å².